The van der Waals surface area contributed by atoms with E-state index < -0.39 is 0 Å². The molecular weight excluding hydrogens is 344 g/mol. The van der Waals surface area contributed by atoms with Crippen molar-refractivity contribution in [2.24, 2.45) is 0 Å². The van der Waals surface area contributed by atoms with Crippen molar-refractivity contribution in [3.63, 3.8) is 0 Å². The molecule has 6 nitrogen and oxygen atoms in total. The molecule has 0 N–H and O–H groups in total. The first-order valence-electron chi connectivity index (χ1n) is 9.90. The molecule has 3 rings (SSSR count). The van der Waals surface area contributed by atoms with E-state index in [2.05, 4.69) is 0 Å². The zero-order valence-corrected chi connectivity index (χ0v) is 16.4. The number of hydrogen-bond acceptors (Lipinski definition) is 4. The molecule has 0 saturated carbocycles. The number of nitrogens with zero attached hydrogens (tertiary/aromatic N) is 2. The lowest BCUT2D eigenvalue weighted by molar-refractivity contribution is -0.133. The van der Waals surface area contributed by atoms with E-state index in [9.17, 15) is 9.59 Å². The summed E-state index contributed by atoms with van der Waals surface area (Å²) in [4.78, 5) is 28.5. The highest BCUT2D eigenvalue weighted by Crippen LogP contribution is 2.36. The summed E-state index contributed by atoms with van der Waals surface area (Å²) in [5.74, 6) is 2.22. The molecular formula is C21H30N2O4. The fourth-order valence-electron chi connectivity index (χ4n) is 4.06. The van der Waals surface area contributed by atoms with Crippen molar-refractivity contribution in [2.75, 3.05) is 40.4 Å². The fourth-order valence-corrected chi connectivity index (χ4v) is 4.06. The van der Waals surface area contributed by atoms with Gasteiger partial charge in [-0.05, 0) is 37.5 Å². The number of amides is 2. The largest absolute Gasteiger partial charge is 0.497 e. The van der Waals surface area contributed by atoms with Gasteiger partial charge >= 0.3 is 0 Å². The smallest absolute Gasteiger partial charge is 0.224 e. The number of likely N-dealkylation sites (tertiary alicyclic amines) is 2. The van der Waals surface area contributed by atoms with Crippen molar-refractivity contribution in [1.29, 1.82) is 0 Å². The molecule has 0 spiro atoms. The summed E-state index contributed by atoms with van der Waals surface area (Å²) in [7, 11) is 3.32. The quantitative estimate of drug-likeness (QED) is 0.768. The van der Waals surface area contributed by atoms with Crippen LogP contribution in [0.25, 0.3) is 0 Å². The van der Waals surface area contributed by atoms with Crippen LogP contribution in [0.1, 0.15) is 50.0 Å². The number of rotatable bonds is 6. The highest BCUT2D eigenvalue weighted by Gasteiger charge is 2.30. The molecule has 2 amide bonds. The van der Waals surface area contributed by atoms with E-state index >= 15 is 0 Å². The second kappa shape index (κ2) is 9.11. The van der Waals surface area contributed by atoms with Gasteiger partial charge in [-0.3, -0.25) is 9.59 Å². The topological polar surface area (TPSA) is 59.1 Å². The molecule has 0 bridgehead atoms. The van der Waals surface area contributed by atoms with Gasteiger partial charge in [-0.15, -0.1) is 0 Å². The van der Waals surface area contributed by atoms with Crippen molar-refractivity contribution in [3.8, 4) is 11.5 Å². The number of carbonyl (C=O) groups is 2. The summed E-state index contributed by atoms with van der Waals surface area (Å²) in [6.07, 6.45) is 5.06. The Kier molecular flexibility index (Phi) is 6.58. The average molecular weight is 374 g/mol. The molecule has 0 aromatic heterocycles. The third kappa shape index (κ3) is 4.73. The van der Waals surface area contributed by atoms with Crippen LogP contribution in [-0.4, -0.2) is 62.0 Å². The Balaban J connectivity index is 1.57. The Hall–Kier alpha value is -2.24. The number of methoxy groups -OCH3 is 2. The Labute approximate surface area is 161 Å². The summed E-state index contributed by atoms with van der Waals surface area (Å²) in [5, 5.41) is 0. The van der Waals surface area contributed by atoms with Crippen LogP contribution in [0.3, 0.4) is 0 Å². The number of ether oxygens (including phenoxy) is 2. The van der Waals surface area contributed by atoms with Crippen molar-refractivity contribution in [3.05, 3.63) is 23.8 Å². The molecule has 0 unspecified atom stereocenters. The Bertz CT molecular complexity index is 676. The Morgan fingerprint density at radius 2 is 2.00 bits per heavy atom. The van der Waals surface area contributed by atoms with Gasteiger partial charge in [0.15, 0.2) is 0 Å². The SMILES string of the molecule is COc1ccc(OC)c([C@@H]2CCN(C(=O)CCN3CCCCCC3=O)C2)c1. The molecule has 0 radical (unpaired) electrons. The molecule has 1 aromatic rings. The second-order valence-electron chi connectivity index (χ2n) is 7.37. The zero-order chi connectivity index (χ0) is 19.2. The van der Waals surface area contributed by atoms with Gasteiger partial charge in [0, 0.05) is 50.5 Å². The van der Waals surface area contributed by atoms with Gasteiger partial charge in [-0.1, -0.05) is 6.42 Å². The van der Waals surface area contributed by atoms with Gasteiger partial charge in [0.2, 0.25) is 11.8 Å². The van der Waals surface area contributed by atoms with E-state index in [0.717, 1.165) is 55.8 Å². The van der Waals surface area contributed by atoms with Crippen molar-refractivity contribution in [1.82, 2.24) is 9.80 Å². The van der Waals surface area contributed by atoms with Gasteiger partial charge in [-0.2, -0.15) is 0 Å². The van der Waals surface area contributed by atoms with Gasteiger partial charge in [0.1, 0.15) is 11.5 Å². The normalized spacial score (nSPS) is 20.5. The maximum Gasteiger partial charge on any atom is 0.224 e. The van der Waals surface area contributed by atoms with Gasteiger partial charge in [-0.25, -0.2) is 0 Å². The standard InChI is InChI=1S/C21H30N2O4/c1-26-17-7-8-19(27-2)18(14-17)16-9-12-23(15-16)21(25)10-13-22-11-5-3-4-6-20(22)24/h7-8,14,16H,3-6,9-13,15H2,1-2H3/t16-/m1/s1. The first-order chi connectivity index (χ1) is 13.1. The maximum absolute atomic E-state index is 12.7. The summed E-state index contributed by atoms with van der Waals surface area (Å²) in [6, 6.07) is 5.81. The fraction of sp³-hybridized carbons (Fsp3) is 0.619. The summed E-state index contributed by atoms with van der Waals surface area (Å²) in [6.45, 7) is 2.77. The molecule has 2 aliphatic heterocycles. The molecule has 2 aliphatic rings. The first-order valence-corrected chi connectivity index (χ1v) is 9.90. The molecule has 1 aromatic carbocycles. The lowest BCUT2D eigenvalue weighted by Gasteiger charge is -2.23. The molecule has 0 aliphatic carbocycles. The number of hydrogen-bond donors (Lipinski definition) is 0. The van der Waals surface area contributed by atoms with Crippen LogP contribution in [0.2, 0.25) is 0 Å². The van der Waals surface area contributed by atoms with Crippen LogP contribution in [0.5, 0.6) is 11.5 Å². The van der Waals surface area contributed by atoms with E-state index in [1.54, 1.807) is 14.2 Å². The number of carbonyl (C=O) groups excluding carboxylic acids is 2. The third-order valence-electron chi connectivity index (χ3n) is 5.68. The minimum absolute atomic E-state index is 0.136. The predicted octanol–water partition coefficient (Wildman–Crippen LogP) is 2.81. The lowest BCUT2D eigenvalue weighted by Crippen LogP contribution is -2.36. The number of benzene rings is 1. The van der Waals surface area contributed by atoms with Gasteiger partial charge in [0.05, 0.1) is 14.2 Å². The zero-order valence-electron chi connectivity index (χ0n) is 16.4. The van der Waals surface area contributed by atoms with Crippen LogP contribution in [0, 0.1) is 0 Å². The van der Waals surface area contributed by atoms with Crippen LogP contribution < -0.4 is 9.47 Å². The summed E-state index contributed by atoms with van der Waals surface area (Å²) < 4.78 is 10.8. The molecule has 2 fully saturated rings. The lowest BCUT2D eigenvalue weighted by atomic mass is 9.97. The van der Waals surface area contributed by atoms with Crippen molar-refractivity contribution < 1.29 is 19.1 Å². The van der Waals surface area contributed by atoms with E-state index in [1.807, 2.05) is 28.0 Å². The summed E-state index contributed by atoms with van der Waals surface area (Å²) >= 11 is 0. The van der Waals surface area contributed by atoms with Gasteiger partial charge in [0.25, 0.3) is 0 Å². The first kappa shape index (κ1) is 19.5. The predicted molar refractivity (Wildman–Crippen MR) is 103 cm³/mol. The van der Waals surface area contributed by atoms with E-state index in [1.165, 1.54) is 0 Å². The third-order valence-corrected chi connectivity index (χ3v) is 5.68. The Morgan fingerprint density at radius 1 is 1.15 bits per heavy atom. The maximum atomic E-state index is 12.7. The highest BCUT2D eigenvalue weighted by molar-refractivity contribution is 5.79. The summed E-state index contributed by atoms with van der Waals surface area (Å²) in [5.41, 5.74) is 1.09. The van der Waals surface area contributed by atoms with Gasteiger partial charge < -0.3 is 19.3 Å². The van der Waals surface area contributed by atoms with Crippen LogP contribution in [0.15, 0.2) is 18.2 Å². The van der Waals surface area contributed by atoms with Crippen LogP contribution in [0.4, 0.5) is 0 Å². The van der Waals surface area contributed by atoms with E-state index in [0.29, 0.717) is 25.9 Å². The minimum Gasteiger partial charge on any atom is -0.497 e. The molecule has 1 atom stereocenters. The van der Waals surface area contributed by atoms with Crippen molar-refractivity contribution in [2.45, 2.75) is 44.4 Å². The van der Waals surface area contributed by atoms with Crippen LogP contribution >= 0.6 is 0 Å². The second-order valence-corrected chi connectivity index (χ2v) is 7.37. The molecule has 148 valence electrons. The van der Waals surface area contributed by atoms with Crippen molar-refractivity contribution >= 4 is 11.8 Å². The molecule has 6 heteroatoms. The van der Waals surface area contributed by atoms with E-state index in [-0.39, 0.29) is 17.7 Å². The highest BCUT2D eigenvalue weighted by atomic mass is 16.5. The monoisotopic (exact) mass is 374 g/mol. The van der Waals surface area contributed by atoms with E-state index in [4.69, 9.17) is 9.47 Å². The molecule has 2 saturated heterocycles. The Morgan fingerprint density at radius 3 is 2.78 bits per heavy atom. The minimum atomic E-state index is 0.136. The van der Waals surface area contributed by atoms with Crippen LogP contribution in [-0.2, 0) is 9.59 Å². The molecule has 2 heterocycles. The molecule has 27 heavy (non-hydrogen) atoms. The average Bonchev–Trinajstić information content (AvgIpc) is 3.10.